The van der Waals surface area contributed by atoms with E-state index >= 15 is 0 Å². The Hall–Kier alpha value is -0.610. The first-order valence-electron chi connectivity index (χ1n) is 3.68. The molecular formula is C7H17N3O. The predicted octanol–water partition coefficient (Wildman–Crippen LogP) is -0.437. The van der Waals surface area contributed by atoms with Crippen molar-refractivity contribution in [1.29, 1.82) is 0 Å². The van der Waals surface area contributed by atoms with Crippen LogP contribution in [0, 0.1) is 5.92 Å². The Labute approximate surface area is 67.7 Å². The van der Waals surface area contributed by atoms with Crippen LogP contribution in [0.5, 0.6) is 0 Å². The topological polar surface area (TPSA) is 58.4 Å². The van der Waals surface area contributed by atoms with Gasteiger partial charge in [-0.15, -0.1) is 0 Å². The average Bonchev–Trinajstić information content (AvgIpc) is 1.84. The van der Waals surface area contributed by atoms with Gasteiger partial charge in [-0.25, -0.2) is 5.01 Å². The van der Waals surface area contributed by atoms with Crippen LogP contribution in [0.15, 0.2) is 0 Å². The van der Waals surface area contributed by atoms with Gasteiger partial charge in [-0.2, -0.15) is 0 Å². The van der Waals surface area contributed by atoms with Crippen LogP contribution < -0.4 is 11.2 Å². The van der Waals surface area contributed by atoms with Crippen molar-refractivity contribution in [3.05, 3.63) is 0 Å². The van der Waals surface area contributed by atoms with E-state index in [-0.39, 0.29) is 11.8 Å². The molecule has 0 aliphatic heterocycles. The minimum absolute atomic E-state index is 0.134. The number of amides is 1. The highest BCUT2D eigenvalue weighted by Crippen LogP contribution is 1.97. The van der Waals surface area contributed by atoms with E-state index in [1.165, 1.54) is 0 Å². The Morgan fingerprint density at radius 3 is 2.18 bits per heavy atom. The number of nitrogens with one attached hydrogen (secondary N) is 1. The summed E-state index contributed by atoms with van der Waals surface area (Å²) in [6.07, 6.45) is 0. The van der Waals surface area contributed by atoms with Gasteiger partial charge in [-0.05, 0) is 5.92 Å². The molecule has 66 valence electrons. The lowest BCUT2D eigenvalue weighted by Crippen LogP contribution is -2.48. The van der Waals surface area contributed by atoms with Crippen LogP contribution in [0.4, 0.5) is 0 Å². The molecule has 0 fully saturated rings. The maximum absolute atomic E-state index is 11.1. The molecule has 0 saturated carbocycles. The highest BCUT2D eigenvalue weighted by molar-refractivity contribution is 5.81. The van der Waals surface area contributed by atoms with Gasteiger partial charge in [0, 0.05) is 14.1 Å². The van der Waals surface area contributed by atoms with Crippen molar-refractivity contribution in [3.63, 3.8) is 0 Å². The van der Waals surface area contributed by atoms with Gasteiger partial charge in [0.2, 0.25) is 0 Å². The fourth-order valence-electron chi connectivity index (χ4n) is 0.598. The molecule has 1 unspecified atom stereocenters. The second-order valence-corrected chi connectivity index (χ2v) is 3.14. The van der Waals surface area contributed by atoms with Crippen LogP contribution in [-0.4, -0.2) is 31.1 Å². The maximum Gasteiger partial charge on any atom is 0.251 e. The quantitative estimate of drug-likeness (QED) is 0.549. The zero-order valence-electron chi connectivity index (χ0n) is 7.59. The maximum atomic E-state index is 11.1. The number of hydrazine groups is 1. The second-order valence-electron chi connectivity index (χ2n) is 3.14. The minimum atomic E-state index is -0.419. The molecule has 0 aliphatic carbocycles. The Kier molecular flexibility index (Phi) is 4.07. The van der Waals surface area contributed by atoms with E-state index in [4.69, 9.17) is 5.73 Å². The molecular weight excluding hydrogens is 142 g/mol. The van der Waals surface area contributed by atoms with E-state index < -0.39 is 6.04 Å². The van der Waals surface area contributed by atoms with Gasteiger partial charge in [-0.1, -0.05) is 13.8 Å². The van der Waals surface area contributed by atoms with Crippen molar-refractivity contribution in [3.8, 4) is 0 Å². The van der Waals surface area contributed by atoms with Gasteiger partial charge < -0.3 is 5.73 Å². The Morgan fingerprint density at radius 2 is 1.91 bits per heavy atom. The first kappa shape index (κ1) is 10.4. The van der Waals surface area contributed by atoms with E-state index in [1.54, 1.807) is 19.1 Å². The number of nitrogens with two attached hydrogens (primary N) is 1. The number of hydrogen-bond donors (Lipinski definition) is 2. The van der Waals surface area contributed by atoms with Crippen molar-refractivity contribution in [2.24, 2.45) is 11.7 Å². The molecule has 0 aliphatic rings. The van der Waals surface area contributed by atoms with Gasteiger partial charge in [0.15, 0.2) is 0 Å². The number of hydrogen-bond acceptors (Lipinski definition) is 3. The highest BCUT2D eigenvalue weighted by atomic mass is 16.2. The molecule has 0 spiro atoms. The molecule has 4 nitrogen and oxygen atoms in total. The monoisotopic (exact) mass is 159 g/mol. The Balaban J connectivity index is 3.83. The summed E-state index contributed by atoms with van der Waals surface area (Å²) in [4.78, 5) is 11.1. The van der Waals surface area contributed by atoms with Gasteiger partial charge in [-0.3, -0.25) is 10.2 Å². The Bertz CT molecular complexity index is 134. The fraction of sp³-hybridized carbons (Fsp3) is 0.857. The average molecular weight is 159 g/mol. The van der Waals surface area contributed by atoms with Crippen molar-refractivity contribution >= 4 is 5.91 Å². The first-order valence-corrected chi connectivity index (χ1v) is 3.68. The van der Waals surface area contributed by atoms with Crippen LogP contribution in [0.25, 0.3) is 0 Å². The standard InChI is InChI=1S/C7H17N3O/c1-5(2)6(8)7(11)9-10(3)4/h5-6H,8H2,1-4H3,(H,9,11). The molecule has 0 bridgehead atoms. The van der Waals surface area contributed by atoms with E-state index in [9.17, 15) is 4.79 Å². The van der Waals surface area contributed by atoms with Crippen molar-refractivity contribution < 1.29 is 4.79 Å². The lowest BCUT2D eigenvalue weighted by molar-refractivity contribution is -0.127. The molecule has 1 amide bonds. The molecule has 0 heterocycles. The summed E-state index contributed by atoms with van der Waals surface area (Å²) in [6, 6.07) is -0.419. The lowest BCUT2D eigenvalue weighted by Gasteiger charge is -2.18. The molecule has 0 aromatic heterocycles. The van der Waals surface area contributed by atoms with Crippen molar-refractivity contribution in [2.75, 3.05) is 14.1 Å². The Morgan fingerprint density at radius 1 is 1.45 bits per heavy atom. The number of carbonyl (C=O) groups excluding carboxylic acids is 1. The van der Waals surface area contributed by atoms with Crippen LogP contribution in [0.1, 0.15) is 13.8 Å². The first-order chi connectivity index (χ1) is 4.95. The summed E-state index contributed by atoms with van der Waals surface area (Å²) in [7, 11) is 3.51. The number of carbonyl (C=O) groups is 1. The van der Waals surface area contributed by atoms with Crippen molar-refractivity contribution in [2.45, 2.75) is 19.9 Å². The molecule has 11 heavy (non-hydrogen) atoms. The zero-order chi connectivity index (χ0) is 9.02. The molecule has 0 aromatic carbocycles. The van der Waals surface area contributed by atoms with E-state index in [0.717, 1.165) is 0 Å². The van der Waals surface area contributed by atoms with E-state index in [0.29, 0.717) is 0 Å². The predicted molar refractivity (Wildman–Crippen MR) is 44.6 cm³/mol. The summed E-state index contributed by atoms with van der Waals surface area (Å²) in [5, 5.41) is 1.59. The van der Waals surface area contributed by atoms with Gasteiger partial charge in [0.1, 0.15) is 0 Å². The number of nitrogens with zero attached hydrogens (tertiary/aromatic N) is 1. The third kappa shape index (κ3) is 3.95. The third-order valence-electron chi connectivity index (χ3n) is 1.35. The van der Waals surface area contributed by atoms with Crippen molar-refractivity contribution in [1.82, 2.24) is 10.4 Å². The molecule has 3 N–H and O–H groups in total. The molecule has 4 heteroatoms. The van der Waals surface area contributed by atoms with E-state index in [2.05, 4.69) is 5.43 Å². The van der Waals surface area contributed by atoms with Crippen LogP contribution in [0.2, 0.25) is 0 Å². The van der Waals surface area contributed by atoms with E-state index in [1.807, 2.05) is 13.8 Å². The molecule has 0 rings (SSSR count). The summed E-state index contributed by atoms with van der Waals surface area (Å²) < 4.78 is 0. The van der Waals surface area contributed by atoms with Crippen LogP contribution >= 0.6 is 0 Å². The van der Waals surface area contributed by atoms with Gasteiger partial charge in [0.25, 0.3) is 5.91 Å². The van der Waals surface area contributed by atoms with Crippen LogP contribution in [0.3, 0.4) is 0 Å². The molecule has 0 aromatic rings. The minimum Gasteiger partial charge on any atom is -0.320 e. The SMILES string of the molecule is CC(C)C(N)C(=O)NN(C)C. The van der Waals surface area contributed by atoms with Crippen LogP contribution in [-0.2, 0) is 4.79 Å². The molecule has 1 atom stereocenters. The zero-order valence-corrected chi connectivity index (χ0v) is 7.59. The summed E-state index contributed by atoms with van der Waals surface area (Å²) in [6.45, 7) is 3.83. The second kappa shape index (κ2) is 4.31. The lowest BCUT2D eigenvalue weighted by atomic mass is 10.1. The fourth-order valence-corrected chi connectivity index (χ4v) is 0.598. The van der Waals surface area contributed by atoms with Gasteiger partial charge in [0.05, 0.1) is 6.04 Å². The largest absolute Gasteiger partial charge is 0.320 e. The summed E-state index contributed by atoms with van der Waals surface area (Å²) >= 11 is 0. The molecule has 0 saturated heterocycles. The third-order valence-corrected chi connectivity index (χ3v) is 1.35. The molecule has 0 radical (unpaired) electrons. The highest BCUT2D eigenvalue weighted by Gasteiger charge is 2.16. The smallest absolute Gasteiger partial charge is 0.251 e. The normalized spacial score (nSPS) is 13.7. The summed E-state index contributed by atoms with van der Waals surface area (Å²) in [5.41, 5.74) is 8.16. The summed E-state index contributed by atoms with van der Waals surface area (Å²) in [5.74, 6) is 0.0416. The van der Waals surface area contributed by atoms with Gasteiger partial charge >= 0.3 is 0 Å². The number of rotatable bonds is 3.